The Morgan fingerprint density at radius 1 is 1.33 bits per heavy atom. The summed E-state index contributed by atoms with van der Waals surface area (Å²) in [5.41, 5.74) is 6.43. The maximum absolute atomic E-state index is 12.5. The molecule has 0 bridgehead atoms. The van der Waals surface area contributed by atoms with Gasteiger partial charge in [-0.15, -0.1) is 0 Å². The Labute approximate surface area is 131 Å². The van der Waals surface area contributed by atoms with Crippen LogP contribution in [0.1, 0.15) is 10.4 Å². The second-order valence-corrected chi connectivity index (χ2v) is 5.93. The van der Waals surface area contributed by atoms with Gasteiger partial charge >= 0.3 is 6.03 Å². The van der Waals surface area contributed by atoms with E-state index in [1.165, 1.54) is 12.1 Å². The predicted molar refractivity (Wildman–Crippen MR) is 80.7 cm³/mol. The van der Waals surface area contributed by atoms with Crippen LogP contribution in [-0.2, 0) is 0 Å². The van der Waals surface area contributed by atoms with Crippen molar-refractivity contribution in [2.75, 3.05) is 31.9 Å². The second kappa shape index (κ2) is 5.27. The number of piperazine rings is 1. The molecule has 3 N–H and O–H groups in total. The molecule has 2 fully saturated rings. The topological polar surface area (TPSA) is 78.7 Å². The average Bonchev–Trinajstić information content (AvgIpc) is 2.84. The fourth-order valence-electron chi connectivity index (χ4n) is 2.70. The van der Waals surface area contributed by atoms with Crippen LogP contribution in [0.2, 0.25) is 10.0 Å². The summed E-state index contributed by atoms with van der Waals surface area (Å²) in [6, 6.07) is 3.01. The number of nitrogen functional groups attached to an aromatic ring is 1. The lowest BCUT2D eigenvalue weighted by Crippen LogP contribution is -2.53. The van der Waals surface area contributed by atoms with Crippen molar-refractivity contribution in [1.29, 1.82) is 0 Å². The molecule has 21 heavy (non-hydrogen) atoms. The minimum atomic E-state index is -0.153. The van der Waals surface area contributed by atoms with Gasteiger partial charge in [-0.05, 0) is 12.1 Å². The molecule has 1 unspecified atom stereocenters. The molecule has 1 aromatic rings. The van der Waals surface area contributed by atoms with Crippen LogP contribution in [0.3, 0.4) is 0 Å². The molecule has 0 radical (unpaired) electrons. The normalized spacial score (nSPS) is 21.2. The van der Waals surface area contributed by atoms with E-state index in [0.29, 0.717) is 31.7 Å². The van der Waals surface area contributed by atoms with Crippen LogP contribution in [0.15, 0.2) is 12.1 Å². The first-order chi connectivity index (χ1) is 9.97. The van der Waals surface area contributed by atoms with Gasteiger partial charge in [-0.2, -0.15) is 0 Å². The molecular formula is C13H14Cl2N4O2. The number of urea groups is 1. The maximum Gasteiger partial charge on any atom is 0.317 e. The van der Waals surface area contributed by atoms with Gasteiger partial charge in [-0.3, -0.25) is 4.79 Å². The summed E-state index contributed by atoms with van der Waals surface area (Å²) < 4.78 is 0. The third-order valence-electron chi connectivity index (χ3n) is 3.82. The number of carbonyl (C=O) groups is 2. The number of nitrogens with one attached hydrogen (secondary N) is 1. The number of hydrogen-bond acceptors (Lipinski definition) is 3. The van der Waals surface area contributed by atoms with Crippen molar-refractivity contribution >= 4 is 40.8 Å². The zero-order valence-electron chi connectivity index (χ0n) is 11.1. The zero-order valence-corrected chi connectivity index (χ0v) is 12.6. The highest BCUT2D eigenvalue weighted by atomic mass is 35.5. The van der Waals surface area contributed by atoms with Gasteiger partial charge in [-0.1, -0.05) is 23.2 Å². The fourth-order valence-corrected chi connectivity index (χ4v) is 3.04. The Hall–Kier alpha value is -1.66. The lowest BCUT2D eigenvalue weighted by molar-refractivity contribution is 0.0617. The van der Waals surface area contributed by atoms with Crippen molar-refractivity contribution in [3.05, 3.63) is 27.7 Å². The molecule has 3 amide bonds. The first-order valence-corrected chi connectivity index (χ1v) is 7.31. The Bertz CT molecular complexity index is 599. The quantitative estimate of drug-likeness (QED) is 0.765. The van der Waals surface area contributed by atoms with E-state index >= 15 is 0 Å². The van der Waals surface area contributed by atoms with E-state index < -0.39 is 0 Å². The number of hydrogen-bond donors (Lipinski definition) is 2. The molecule has 1 aromatic carbocycles. The molecule has 8 heteroatoms. The van der Waals surface area contributed by atoms with E-state index in [1.54, 1.807) is 9.80 Å². The third-order valence-corrected chi connectivity index (χ3v) is 4.64. The SMILES string of the molecule is Nc1cc(C(=O)N2CCN3C(=O)NCC3C2)cc(Cl)c1Cl. The largest absolute Gasteiger partial charge is 0.397 e. The van der Waals surface area contributed by atoms with Crippen molar-refractivity contribution < 1.29 is 9.59 Å². The van der Waals surface area contributed by atoms with E-state index in [2.05, 4.69) is 5.32 Å². The number of fused-ring (bicyclic) bond motifs is 1. The molecular weight excluding hydrogens is 315 g/mol. The van der Waals surface area contributed by atoms with E-state index in [9.17, 15) is 9.59 Å². The van der Waals surface area contributed by atoms with Crippen molar-refractivity contribution in [2.24, 2.45) is 0 Å². The van der Waals surface area contributed by atoms with Crippen LogP contribution in [0.5, 0.6) is 0 Å². The summed E-state index contributed by atoms with van der Waals surface area (Å²) in [4.78, 5) is 27.5. The first kappa shape index (κ1) is 14.3. The number of nitrogens with two attached hydrogens (primary N) is 1. The second-order valence-electron chi connectivity index (χ2n) is 5.15. The van der Waals surface area contributed by atoms with Gasteiger partial charge in [0.15, 0.2) is 0 Å². The van der Waals surface area contributed by atoms with Crippen molar-refractivity contribution in [1.82, 2.24) is 15.1 Å². The monoisotopic (exact) mass is 328 g/mol. The Morgan fingerprint density at radius 3 is 2.81 bits per heavy atom. The lowest BCUT2D eigenvalue weighted by atomic mass is 10.1. The first-order valence-electron chi connectivity index (χ1n) is 6.55. The summed E-state index contributed by atoms with van der Waals surface area (Å²) in [5.74, 6) is -0.153. The van der Waals surface area contributed by atoms with Crippen LogP contribution in [0, 0.1) is 0 Å². The van der Waals surface area contributed by atoms with Crippen molar-refractivity contribution in [3.63, 3.8) is 0 Å². The van der Waals surface area contributed by atoms with Gasteiger partial charge in [0.1, 0.15) is 0 Å². The Balaban J connectivity index is 1.79. The van der Waals surface area contributed by atoms with Crippen LogP contribution < -0.4 is 11.1 Å². The highest BCUT2D eigenvalue weighted by molar-refractivity contribution is 6.43. The number of rotatable bonds is 1. The number of carbonyl (C=O) groups excluding carboxylic acids is 2. The van der Waals surface area contributed by atoms with Crippen LogP contribution >= 0.6 is 23.2 Å². The predicted octanol–water partition coefficient (Wildman–Crippen LogP) is 1.43. The number of anilines is 1. The van der Waals surface area contributed by atoms with Crippen molar-refractivity contribution in [2.45, 2.75) is 6.04 Å². The van der Waals surface area contributed by atoms with Gasteiger partial charge in [0, 0.05) is 31.7 Å². The molecule has 0 aliphatic carbocycles. The van der Waals surface area contributed by atoms with Gasteiger partial charge in [0.2, 0.25) is 0 Å². The van der Waals surface area contributed by atoms with Gasteiger partial charge in [-0.25, -0.2) is 4.79 Å². The van der Waals surface area contributed by atoms with Gasteiger partial charge in [0.05, 0.1) is 21.8 Å². The highest BCUT2D eigenvalue weighted by Crippen LogP contribution is 2.30. The molecule has 2 aliphatic heterocycles. The minimum Gasteiger partial charge on any atom is -0.397 e. The molecule has 2 saturated heterocycles. The third kappa shape index (κ3) is 2.49. The number of halogens is 2. The van der Waals surface area contributed by atoms with E-state index in [1.807, 2.05) is 0 Å². The van der Waals surface area contributed by atoms with Crippen LogP contribution in [0.25, 0.3) is 0 Å². The van der Waals surface area contributed by atoms with Gasteiger partial charge in [0.25, 0.3) is 5.91 Å². The van der Waals surface area contributed by atoms with E-state index in [-0.39, 0.29) is 33.7 Å². The van der Waals surface area contributed by atoms with Crippen molar-refractivity contribution in [3.8, 4) is 0 Å². The van der Waals surface area contributed by atoms with Gasteiger partial charge < -0.3 is 20.9 Å². The Kier molecular flexibility index (Phi) is 3.59. The average molecular weight is 329 g/mol. The molecule has 2 aliphatic rings. The molecule has 1 atom stereocenters. The maximum atomic E-state index is 12.5. The number of benzene rings is 1. The minimum absolute atomic E-state index is 0.0234. The molecule has 3 rings (SSSR count). The smallest absolute Gasteiger partial charge is 0.317 e. The summed E-state index contributed by atoms with van der Waals surface area (Å²) in [6.07, 6.45) is 0. The summed E-state index contributed by atoms with van der Waals surface area (Å²) in [6.45, 7) is 2.08. The summed E-state index contributed by atoms with van der Waals surface area (Å²) >= 11 is 11.9. The summed E-state index contributed by atoms with van der Waals surface area (Å²) in [5, 5.41) is 3.29. The Morgan fingerprint density at radius 2 is 2.10 bits per heavy atom. The summed E-state index contributed by atoms with van der Waals surface area (Å²) in [7, 11) is 0. The molecule has 0 saturated carbocycles. The number of nitrogens with zero attached hydrogens (tertiary/aromatic N) is 2. The van der Waals surface area contributed by atoms with Crippen LogP contribution in [-0.4, -0.2) is 54.0 Å². The van der Waals surface area contributed by atoms with Crippen LogP contribution in [0.4, 0.5) is 10.5 Å². The molecule has 0 aromatic heterocycles. The van der Waals surface area contributed by atoms with E-state index in [0.717, 1.165) is 0 Å². The highest BCUT2D eigenvalue weighted by Gasteiger charge is 2.37. The number of amides is 3. The zero-order chi connectivity index (χ0) is 15.1. The lowest BCUT2D eigenvalue weighted by Gasteiger charge is -2.36. The molecule has 0 spiro atoms. The molecule has 6 nitrogen and oxygen atoms in total. The fraction of sp³-hybridized carbons (Fsp3) is 0.385. The van der Waals surface area contributed by atoms with E-state index in [4.69, 9.17) is 28.9 Å². The standard InChI is InChI=1S/C13H14Cl2N4O2/c14-9-3-7(4-10(16)11(9)15)12(20)18-1-2-19-8(6-18)5-17-13(19)21/h3-4,8H,1-2,5-6,16H2,(H,17,21). The molecule has 2 heterocycles. The molecule has 112 valence electrons.